The first-order valence-electron chi connectivity index (χ1n) is 4.05. The normalized spacial score (nSPS) is 36.1. The van der Waals surface area contributed by atoms with Gasteiger partial charge in [-0.15, -0.1) is 0 Å². The maximum absolute atomic E-state index is 11.1. The van der Waals surface area contributed by atoms with E-state index < -0.39 is 6.10 Å². The minimum Gasteiger partial charge on any atom is -0.469 e. The zero-order valence-electron chi connectivity index (χ0n) is 7.00. The molecule has 0 aromatic rings. The summed E-state index contributed by atoms with van der Waals surface area (Å²) in [6.45, 7) is 0. The van der Waals surface area contributed by atoms with Gasteiger partial charge < -0.3 is 9.84 Å². The van der Waals surface area contributed by atoms with Crippen LogP contribution in [-0.2, 0) is 9.53 Å². The molecule has 1 aliphatic carbocycles. The molecule has 0 spiro atoms. The van der Waals surface area contributed by atoms with Crippen LogP contribution in [0.25, 0.3) is 0 Å². The number of carbonyl (C=O) groups excluding carboxylic acids is 1. The minimum atomic E-state index is -0.414. The van der Waals surface area contributed by atoms with E-state index >= 15 is 0 Å². The van der Waals surface area contributed by atoms with Gasteiger partial charge in [-0.25, -0.2) is 0 Å². The van der Waals surface area contributed by atoms with Gasteiger partial charge in [-0.1, -0.05) is 15.9 Å². The molecular formula is C8H13BrO3. The van der Waals surface area contributed by atoms with Crippen molar-refractivity contribution in [2.75, 3.05) is 7.11 Å². The molecule has 0 aliphatic heterocycles. The number of rotatable bonds is 1. The quantitative estimate of drug-likeness (QED) is 0.548. The molecule has 0 heterocycles. The Morgan fingerprint density at radius 1 is 1.58 bits per heavy atom. The number of aliphatic hydroxyl groups excluding tert-OH is 1. The summed E-state index contributed by atoms with van der Waals surface area (Å²) in [5.74, 6) is -0.313. The van der Waals surface area contributed by atoms with Crippen LogP contribution < -0.4 is 0 Å². The second-order valence-electron chi connectivity index (χ2n) is 3.12. The summed E-state index contributed by atoms with van der Waals surface area (Å²) in [4.78, 5) is 11.2. The third-order valence-electron chi connectivity index (χ3n) is 2.27. The van der Waals surface area contributed by atoms with Gasteiger partial charge in [-0.2, -0.15) is 0 Å². The number of alkyl halides is 1. The van der Waals surface area contributed by atoms with E-state index in [9.17, 15) is 9.90 Å². The molecule has 0 aromatic carbocycles. The number of ether oxygens (including phenoxy) is 1. The Kier molecular flexibility index (Phi) is 3.53. The fraction of sp³-hybridized carbons (Fsp3) is 0.875. The van der Waals surface area contributed by atoms with Gasteiger partial charge in [0.2, 0.25) is 0 Å². The van der Waals surface area contributed by atoms with Crippen LogP contribution in [0.2, 0.25) is 0 Å². The number of esters is 1. The van der Waals surface area contributed by atoms with Crippen molar-refractivity contribution in [3.05, 3.63) is 0 Å². The monoisotopic (exact) mass is 236 g/mol. The number of aliphatic hydroxyl groups is 1. The summed E-state index contributed by atoms with van der Waals surface area (Å²) in [6, 6.07) is 0. The van der Waals surface area contributed by atoms with Crippen LogP contribution in [0.1, 0.15) is 19.3 Å². The van der Waals surface area contributed by atoms with Crippen LogP contribution >= 0.6 is 15.9 Å². The molecule has 0 radical (unpaired) electrons. The lowest BCUT2D eigenvalue weighted by atomic mass is 9.87. The summed E-state index contributed by atoms with van der Waals surface area (Å²) >= 11 is 3.35. The molecule has 12 heavy (non-hydrogen) atoms. The van der Waals surface area contributed by atoms with E-state index in [1.54, 1.807) is 0 Å². The number of hydrogen-bond acceptors (Lipinski definition) is 3. The summed E-state index contributed by atoms with van der Waals surface area (Å²) in [5, 5.41) is 9.44. The topological polar surface area (TPSA) is 46.5 Å². The summed E-state index contributed by atoms with van der Waals surface area (Å²) in [6.07, 6.45) is 1.74. The fourth-order valence-electron chi connectivity index (χ4n) is 1.49. The summed E-state index contributed by atoms with van der Waals surface area (Å²) in [5.41, 5.74) is 0. The molecule has 1 saturated carbocycles. The van der Waals surface area contributed by atoms with E-state index in [0.29, 0.717) is 6.42 Å². The minimum absolute atomic E-state index is 0.112. The molecule has 3 nitrogen and oxygen atoms in total. The molecule has 0 bridgehead atoms. The van der Waals surface area contributed by atoms with Crippen molar-refractivity contribution in [1.82, 2.24) is 0 Å². The van der Waals surface area contributed by atoms with Crippen molar-refractivity contribution in [2.45, 2.75) is 30.2 Å². The zero-order chi connectivity index (χ0) is 9.14. The molecule has 0 amide bonds. The number of hydrogen-bond donors (Lipinski definition) is 1. The molecule has 4 heteroatoms. The average Bonchev–Trinajstić information content (AvgIpc) is 2.08. The van der Waals surface area contributed by atoms with Gasteiger partial charge in [0.25, 0.3) is 0 Å². The Labute approximate surface area is 80.2 Å². The zero-order valence-corrected chi connectivity index (χ0v) is 8.58. The molecule has 1 fully saturated rings. The van der Waals surface area contributed by atoms with E-state index in [-0.39, 0.29) is 16.7 Å². The first-order chi connectivity index (χ1) is 5.65. The Morgan fingerprint density at radius 2 is 2.25 bits per heavy atom. The lowest BCUT2D eigenvalue weighted by Gasteiger charge is -2.27. The number of methoxy groups -OCH3 is 1. The average molecular weight is 237 g/mol. The second-order valence-corrected chi connectivity index (χ2v) is 4.29. The summed E-state index contributed by atoms with van der Waals surface area (Å²) in [7, 11) is 1.38. The smallest absolute Gasteiger partial charge is 0.308 e. The van der Waals surface area contributed by atoms with Crippen LogP contribution in [0.15, 0.2) is 0 Å². The third-order valence-corrected chi connectivity index (χ3v) is 3.34. The predicted molar refractivity (Wildman–Crippen MR) is 48.1 cm³/mol. The van der Waals surface area contributed by atoms with E-state index in [1.165, 1.54) is 7.11 Å². The van der Waals surface area contributed by atoms with Crippen molar-refractivity contribution in [2.24, 2.45) is 5.92 Å². The molecule has 1 N–H and O–H groups in total. The maximum atomic E-state index is 11.1. The van der Waals surface area contributed by atoms with E-state index in [1.807, 2.05) is 0 Å². The van der Waals surface area contributed by atoms with Gasteiger partial charge in [0, 0.05) is 4.83 Å². The van der Waals surface area contributed by atoms with Crippen LogP contribution in [0.3, 0.4) is 0 Å². The molecule has 0 aromatic heterocycles. The molecule has 1 rings (SSSR count). The standard InChI is InChI=1S/C8H13BrO3/c1-12-8(11)5-2-3-6(9)7(10)4-5/h5-7,10H,2-4H2,1H3/t5-,6+,7-/m1/s1. The lowest BCUT2D eigenvalue weighted by Crippen LogP contribution is -2.33. The third kappa shape index (κ3) is 2.20. The highest BCUT2D eigenvalue weighted by molar-refractivity contribution is 9.09. The van der Waals surface area contributed by atoms with Gasteiger partial charge in [0.1, 0.15) is 0 Å². The predicted octanol–water partition coefficient (Wildman–Crippen LogP) is 1.08. The van der Waals surface area contributed by atoms with E-state index in [4.69, 9.17) is 0 Å². The van der Waals surface area contributed by atoms with Crippen LogP contribution in [0.4, 0.5) is 0 Å². The molecule has 70 valence electrons. The van der Waals surface area contributed by atoms with Crippen molar-refractivity contribution in [1.29, 1.82) is 0 Å². The Bertz CT molecular complexity index is 172. The van der Waals surface area contributed by atoms with Gasteiger partial charge in [-0.05, 0) is 19.3 Å². The second kappa shape index (κ2) is 4.23. The first kappa shape index (κ1) is 9.99. The summed E-state index contributed by atoms with van der Waals surface area (Å²) < 4.78 is 4.61. The van der Waals surface area contributed by atoms with Gasteiger partial charge in [-0.3, -0.25) is 4.79 Å². The van der Waals surface area contributed by atoms with Crippen molar-refractivity contribution in [3.8, 4) is 0 Å². The van der Waals surface area contributed by atoms with Gasteiger partial charge in [0.05, 0.1) is 19.1 Å². The largest absolute Gasteiger partial charge is 0.469 e. The van der Waals surface area contributed by atoms with Crippen LogP contribution in [-0.4, -0.2) is 29.1 Å². The van der Waals surface area contributed by atoms with Crippen molar-refractivity contribution >= 4 is 21.9 Å². The molecule has 0 saturated heterocycles. The van der Waals surface area contributed by atoms with Crippen molar-refractivity contribution in [3.63, 3.8) is 0 Å². The van der Waals surface area contributed by atoms with Crippen LogP contribution in [0.5, 0.6) is 0 Å². The Morgan fingerprint density at radius 3 is 2.75 bits per heavy atom. The van der Waals surface area contributed by atoms with Crippen LogP contribution in [0, 0.1) is 5.92 Å². The number of halogens is 1. The van der Waals surface area contributed by atoms with E-state index in [2.05, 4.69) is 20.7 Å². The maximum Gasteiger partial charge on any atom is 0.308 e. The molecule has 1 aliphatic rings. The SMILES string of the molecule is COC(=O)[C@@H]1CC[C@H](Br)[C@H](O)C1. The highest BCUT2D eigenvalue weighted by atomic mass is 79.9. The lowest BCUT2D eigenvalue weighted by molar-refractivity contribution is -0.147. The molecular weight excluding hydrogens is 224 g/mol. The van der Waals surface area contributed by atoms with Crippen molar-refractivity contribution < 1.29 is 14.6 Å². The molecule has 0 unspecified atom stereocenters. The van der Waals surface area contributed by atoms with Gasteiger partial charge >= 0.3 is 5.97 Å². The highest BCUT2D eigenvalue weighted by Gasteiger charge is 2.31. The fourth-order valence-corrected chi connectivity index (χ4v) is 1.97. The first-order valence-corrected chi connectivity index (χ1v) is 4.96. The Hall–Kier alpha value is -0.0900. The van der Waals surface area contributed by atoms with E-state index in [0.717, 1.165) is 12.8 Å². The highest BCUT2D eigenvalue weighted by Crippen LogP contribution is 2.29. The Balaban J connectivity index is 2.45. The number of carbonyl (C=O) groups is 1. The molecule has 3 atom stereocenters. The van der Waals surface area contributed by atoms with Gasteiger partial charge in [0.15, 0.2) is 0 Å².